The molecule has 1 saturated carbocycles. The Labute approximate surface area is 111 Å². The molecule has 0 bridgehead atoms. The fraction of sp³-hybridized carbons (Fsp3) is 0.647. The lowest BCUT2D eigenvalue weighted by molar-refractivity contribution is 0.414. The second kappa shape index (κ2) is 6.82. The molecule has 0 saturated heterocycles. The molecule has 0 atom stereocenters. The van der Waals surface area contributed by atoms with Gasteiger partial charge in [0.15, 0.2) is 0 Å². The van der Waals surface area contributed by atoms with Crippen LogP contribution in [-0.4, -0.2) is 5.11 Å². The van der Waals surface area contributed by atoms with Gasteiger partial charge in [0, 0.05) is 0 Å². The molecule has 0 amide bonds. The molecule has 1 nitrogen and oxygen atoms in total. The minimum absolute atomic E-state index is 0.515. The molecule has 0 aliphatic heterocycles. The molecule has 1 N–H and O–H groups in total. The van der Waals surface area contributed by atoms with Crippen molar-refractivity contribution < 1.29 is 5.11 Å². The highest BCUT2D eigenvalue weighted by Crippen LogP contribution is 2.37. The van der Waals surface area contributed by atoms with Crippen LogP contribution in [0.5, 0.6) is 5.75 Å². The summed E-state index contributed by atoms with van der Waals surface area (Å²) in [6.07, 6.45) is 11.5. The number of benzene rings is 1. The van der Waals surface area contributed by atoms with Crippen molar-refractivity contribution in [3.05, 3.63) is 29.3 Å². The number of rotatable bonds is 5. The van der Waals surface area contributed by atoms with Crippen LogP contribution in [0.1, 0.15) is 75.3 Å². The lowest BCUT2D eigenvalue weighted by Gasteiger charge is -2.23. The van der Waals surface area contributed by atoms with Gasteiger partial charge < -0.3 is 5.11 Å². The number of aryl methyl sites for hydroxylation is 1. The molecule has 1 heteroatoms. The summed E-state index contributed by atoms with van der Waals surface area (Å²) >= 11 is 0. The van der Waals surface area contributed by atoms with Gasteiger partial charge in [0.1, 0.15) is 5.75 Å². The van der Waals surface area contributed by atoms with Gasteiger partial charge >= 0.3 is 0 Å². The SMILES string of the molecule is CCCCCc1ccc(O)c(C2CCCCC2)c1. The first-order chi connectivity index (χ1) is 8.81. The van der Waals surface area contributed by atoms with Crippen LogP contribution in [0.4, 0.5) is 0 Å². The Kier molecular flexibility index (Phi) is 5.10. The molecule has 0 heterocycles. The Morgan fingerprint density at radius 1 is 1.11 bits per heavy atom. The third-order valence-corrected chi connectivity index (χ3v) is 4.21. The van der Waals surface area contributed by atoms with E-state index in [0.717, 1.165) is 6.42 Å². The van der Waals surface area contributed by atoms with Crippen LogP contribution in [0.3, 0.4) is 0 Å². The summed E-state index contributed by atoms with van der Waals surface area (Å²) in [5.41, 5.74) is 2.62. The van der Waals surface area contributed by atoms with Gasteiger partial charge in [-0.05, 0) is 48.8 Å². The van der Waals surface area contributed by atoms with Gasteiger partial charge in [-0.3, -0.25) is 0 Å². The molecule has 18 heavy (non-hydrogen) atoms. The van der Waals surface area contributed by atoms with Gasteiger partial charge in [0.05, 0.1) is 0 Å². The predicted octanol–water partition coefficient (Wildman–Crippen LogP) is 5.17. The molecule has 1 aliphatic carbocycles. The molecule has 1 aromatic carbocycles. The predicted molar refractivity (Wildman–Crippen MR) is 77.2 cm³/mol. The van der Waals surface area contributed by atoms with E-state index < -0.39 is 0 Å². The van der Waals surface area contributed by atoms with Gasteiger partial charge in [-0.2, -0.15) is 0 Å². The normalized spacial score (nSPS) is 16.9. The standard InChI is InChI=1S/C17H26O/c1-2-3-5-8-14-11-12-17(18)16(13-14)15-9-6-4-7-10-15/h11-13,15,18H,2-10H2,1H3. The highest BCUT2D eigenvalue weighted by molar-refractivity contribution is 5.39. The first-order valence-electron chi connectivity index (χ1n) is 7.63. The molecular weight excluding hydrogens is 220 g/mol. The van der Waals surface area contributed by atoms with Crippen molar-refractivity contribution in [3.63, 3.8) is 0 Å². The minimum atomic E-state index is 0.515. The summed E-state index contributed by atoms with van der Waals surface area (Å²) < 4.78 is 0. The smallest absolute Gasteiger partial charge is 0.119 e. The molecule has 0 aromatic heterocycles. The van der Waals surface area contributed by atoms with Gasteiger partial charge in [-0.1, -0.05) is 51.2 Å². The van der Waals surface area contributed by atoms with E-state index in [0.29, 0.717) is 11.7 Å². The Bertz CT molecular complexity index is 364. The van der Waals surface area contributed by atoms with E-state index in [-0.39, 0.29) is 0 Å². The summed E-state index contributed by atoms with van der Waals surface area (Å²) in [7, 11) is 0. The van der Waals surface area contributed by atoms with Crippen molar-refractivity contribution in [2.24, 2.45) is 0 Å². The van der Waals surface area contributed by atoms with Crippen molar-refractivity contribution in [1.29, 1.82) is 0 Å². The molecule has 100 valence electrons. The maximum atomic E-state index is 10.1. The van der Waals surface area contributed by atoms with Crippen molar-refractivity contribution in [3.8, 4) is 5.75 Å². The zero-order valence-electron chi connectivity index (χ0n) is 11.6. The number of aromatic hydroxyl groups is 1. The Hall–Kier alpha value is -0.980. The molecule has 1 fully saturated rings. The lowest BCUT2D eigenvalue weighted by atomic mass is 9.83. The maximum Gasteiger partial charge on any atom is 0.119 e. The highest BCUT2D eigenvalue weighted by atomic mass is 16.3. The number of phenolic OH excluding ortho intramolecular Hbond substituents is 1. The molecule has 0 spiro atoms. The second-order valence-electron chi connectivity index (χ2n) is 5.69. The van der Waals surface area contributed by atoms with Crippen LogP contribution >= 0.6 is 0 Å². The Morgan fingerprint density at radius 2 is 1.89 bits per heavy atom. The fourth-order valence-corrected chi connectivity index (χ4v) is 3.08. The fourth-order valence-electron chi connectivity index (χ4n) is 3.08. The summed E-state index contributed by atoms with van der Waals surface area (Å²) in [6.45, 7) is 2.24. The van der Waals surface area contributed by atoms with Crippen molar-refractivity contribution in [2.45, 2.75) is 70.6 Å². The Balaban J connectivity index is 2.05. The van der Waals surface area contributed by atoms with Crippen molar-refractivity contribution in [2.75, 3.05) is 0 Å². The van der Waals surface area contributed by atoms with Gasteiger partial charge in [-0.15, -0.1) is 0 Å². The third-order valence-electron chi connectivity index (χ3n) is 4.21. The molecular formula is C17H26O. The number of phenols is 1. The minimum Gasteiger partial charge on any atom is -0.508 e. The largest absolute Gasteiger partial charge is 0.508 e. The van der Waals surface area contributed by atoms with Gasteiger partial charge in [-0.25, -0.2) is 0 Å². The van der Waals surface area contributed by atoms with E-state index in [9.17, 15) is 5.11 Å². The monoisotopic (exact) mass is 246 g/mol. The highest BCUT2D eigenvalue weighted by Gasteiger charge is 2.18. The second-order valence-corrected chi connectivity index (χ2v) is 5.69. The maximum absolute atomic E-state index is 10.1. The van der Waals surface area contributed by atoms with E-state index in [1.54, 1.807) is 0 Å². The van der Waals surface area contributed by atoms with E-state index in [1.807, 2.05) is 6.07 Å². The summed E-state index contributed by atoms with van der Waals surface area (Å²) in [5.74, 6) is 1.12. The van der Waals surface area contributed by atoms with Gasteiger partial charge in [0.25, 0.3) is 0 Å². The average Bonchev–Trinajstić information content (AvgIpc) is 2.42. The summed E-state index contributed by atoms with van der Waals surface area (Å²) in [5, 5.41) is 10.1. The molecule has 0 unspecified atom stereocenters. The third kappa shape index (κ3) is 3.51. The Morgan fingerprint density at radius 3 is 2.61 bits per heavy atom. The zero-order valence-corrected chi connectivity index (χ0v) is 11.6. The average molecular weight is 246 g/mol. The first kappa shape index (κ1) is 13.5. The van der Waals surface area contributed by atoms with Crippen molar-refractivity contribution in [1.82, 2.24) is 0 Å². The summed E-state index contributed by atoms with van der Waals surface area (Å²) in [4.78, 5) is 0. The van der Waals surface area contributed by atoms with Crippen molar-refractivity contribution >= 4 is 0 Å². The van der Waals surface area contributed by atoms with Crippen LogP contribution in [0, 0.1) is 0 Å². The molecule has 1 aromatic rings. The number of unbranched alkanes of at least 4 members (excludes halogenated alkanes) is 2. The van der Waals surface area contributed by atoms with Crippen LogP contribution < -0.4 is 0 Å². The topological polar surface area (TPSA) is 20.2 Å². The molecule has 0 radical (unpaired) electrons. The quantitative estimate of drug-likeness (QED) is 0.710. The summed E-state index contributed by atoms with van der Waals surface area (Å²) in [6, 6.07) is 6.27. The lowest BCUT2D eigenvalue weighted by Crippen LogP contribution is -2.05. The van der Waals surface area contributed by atoms with Crippen LogP contribution in [0.15, 0.2) is 18.2 Å². The number of hydrogen-bond donors (Lipinski definition) is 1. The zero-order chi connectivity index (χ0) is 12.8. The van der Waals surface area contributed by atoms with E-state index in [4.69, 9.17) is 0 Å². The molecule has 1 aliphatic rings. The number of hydrogen-bond acceptors (Lipinski definition) is 1. The van der Waals surface area contributed by atoms with E-state index >= 15 is 0 Å². The van der Waals surface area contributed by atoms with E-state index in [1.165, 1.54) is 62.5 Å². The van der Waals surface area contributed by atoms with E-state index in [2.05, 4.69) is 19.1 Å². The van der Waals surface area contributed by atoms with Crippen LogP contribution in [-0.2, 0) is 6.42 Å². The van der Waals surface area contributed by atoms with Crippen LogP contribution in [0.25, 0.3) is 0 Å². The molecule has 2 rings (SSSR count). The van der Waals surface area contributed by atoms with Crippen LogP contribution in [0.2, 0.25) is 0 Å². The van der Waals surface area contributed by atoms with Gasteiger partial charge in [0.2, 0.25) is 0 Å². The first-order valence-corrected chi connectivity index (χ1v) is 7.63.